The minimum Gasteiger partial charge on any atom is -0.310 e. The Morgan fingerprint density at radius 3 is 1.71 bits per heavy atom. The highest BCUT2D eigenvalue weighted by atomic mass is 32.1. The summed E-state index contributed by atoms with van der Waals surface area (Å²) in [7, 11) is 0. The van der Waals surface area contributed by atoms with E-state index in [-0.39, 0.29) is 0 Å². The lowest BCUT2D eigenvalue weighted by atomic mass is 9.91. The SMILES string of the molecule is c1ccc(-c2cc(N(c3ccccc3)c3ccc(-c4cccc5ccccc45)cc3)ccc2-c2cccc3sc4cc5ccccc5cc4c23)cc1. The van der Waals surface area contributed by atoms with Crippen LogP contribution in [0.15, 0.2) is 200 Å². The van der Waals surface area contributed by atoms with Gasteiger partial charge in [0.25, 0.3) is 0 Å². The molecule has 0 bridgehead atoms. The Hall–Kier alpha value is -6.48. The number of benzene rings is 9. The molecule has 52 heavy (non-hydrogen) atoms. The number of thiophene rings is 1. The summed E-state index contributed by atoms with van der Waals surface area (Å²) < 4.78 is 2.63. The maximum absolute atomic E-state index is 2.38. The van der Waals surface area contributed by atoms with Gasteiger partial charge in [0.1, 0.15) is 0 Å². The smallest absolute Gasteiger partial charge is 0.0468 e. The van der Waals surface area contributed by atoms with Gasteiger partial charge in [0.15, 0.2) is 0 Å². The fourth-order valence-electron chi connectivity index (χ4n) is 7.79. The number of para-hydroxylation sites is 1. The van der Waals surface area contributed by atoms with Gasteiger partial charge in [0, 0.05) is 37.2 Å². The van der Waals surface area contributed by atoms with Crippen LogP contribution < -0.4 is 4.90 Å². The first-order valence-corrected chi connectivity index (χ1v) is 18.6. The summed E-state index contributed by atoms with van der Waals surface area (Å²) in [6, 6.07) is 72.9. The van der Waals surface area contributed by atoms with Crippen molar-refractivity contribution in [1.82, 2.24) is 0 Å². The summed E-state index contributed by atoms with van der Waals surface area (Å²) in [5.74, 6) is 0. The Morgan fingerprint density at radius 1 is 0.308 bits per heavy atom. The maximum Gasteiger partial charge on any atom is 0.0468 e. The molecule has 0 fully saturated rings. The summed E-state index contributed by atoms with van der Waals surface area (Å²) in [4.78, 5) is 2.37. The third kappa shape index (κ3) is 5.24. The molecule has 0 aliphatic carbocycles. The molecule has 0 saturated carbocycles. The third-order valence-corrected chi connectivity index (χ3v) is 11.4. The molecule has 1 aromatic heterocycles. The Bertz CT molecular complexity index is 2880. The van der Waals surface area contributed by atoms with Crippen molar-refractivity contribution in [2.24, 2.45) is 0 Å². The normalized spacial score (nSPS) is 11.5. The molecule has 0 atom stereocenters. The lowest BCUT2D eigenvalue weighted by Gasteiger charge is -2.27. The van der Waals surface area contributed by atoms with Crippen LogP contribution in [0.4, 0.5) is 17.1 Å². The van der Waals surface area contributed by atoms with E-state index in [2.05, 4.69) is 205 Å². The van der Waals surface area contributed by atoms with E-state index in [0.717, 1.165) is 17.1 Å². The quantitative estimate of drug-likeness (QED) is 0.169. The highest BCUT2D eigenvalue weighted by Crippen LogP contribution is 2.46. The molecule has 10 rings (SSSR count). The number of nitrogens with zero attached hydrogens (tertiary/aromatic N) is 1. The van der Waals surface area contributed by atoms with E-state index in [1.807, 2.05) is 11.3 Å². The van der Waals surface area contributed by atoms with Gasteiger partial charge in [-0.1, -0.05) is 146 Å². The van der Waals surface area contributed by atoms with Crippen molar-refractivity contribution in [1.29, 1.82) is 0 Å². The molecular formula is C50H33NS. The molecule has 0 amide bonds. The first-order valence-electron chi connectivity index (χ1n) is 17.8. The first kappa shape index (κ1) is 30.4. The zero-order chi connectivity index (χ0) is 34.4. The standard InChI is InChI=1S/C50H33NS/c1-3-13-35(14-4-1)46-33-41(29-30-44(46)45-23-12-24-48-50(45)47-31-37-16-7-8-17-38(37)32-49(47)52-48)51(39-19-5-2-6-20-39)40-27-25-36(26-28-40)43-22-11-18-34-15-9-10-21-42(34)43/h1-33H. The molecule has 9 aromatic carbocycles. The van der Waals surface area contributed by atoms with E-state index in [1.165, 1.54) is 75.1 Å². The Morgan fingerprint density at radius 2 is 0.904 bits per heavy atom. The highest BCUT2D eigenvalue weighted by Gasteiger charge is 2.19. The molecule has 10 aromatic rings. The molecule has 0 spiro atoms. The van der Waals surface area contributed by atoms with E-state index in [9.17, 15) is 0 Å². The number of anilines is 3. The summed E-state index contributed by atoms with van der Waals surface area (Å²) in [6.45, 7) is 0. The van der Waals surface area contributed by atoms with Crippen molar-refractivity contribution >= 4 is 70.1 Å². The average Bonchev–Trinajstić information content (AvgIpc) is 3.58. The van der Waals surface area contributed by atoms with E-state index in [4.69, 9.17) is 0 Å². The van der Waals surface area contributed by atoms with Crippen LogP contribution in [0.25, 0.3) is 75.1 Å². The van der Waals surface area contributed by atoms with Crippen LogP contribution in [0.2, 0.25) is 0 Å². The van der Waals surface area contributed by atoms with Crippen molar-refractivity contribution in [2.75, 3.05) is 4.90 Å². The molecule has 0 unspecified atom stereocenters. The summed E-state index contributed by atoms with van der Waals surface area (Å²) in [5.41, 5.74) is 10.7. The second kappa shape index (κ2) is 12.7. The summed E-state index contributed by atoms with van der Waals surface area (Å²) >= 11 is 1.88. The lowest BCUT2D eigenvalue weighted by Crippen LogP contribution is -2.10. The van der Waals surface area contributed by atoms with Gasteiger partial charge < -0.3 is 4.90 Å². The van der Waals surface area contributed by atoms with Gasteiger partial charge in [-0.3, -0.25) is 0 Å². The van der Waals surface area contributed by atoms with Gasteiger partial charge in [-0.05, 0) is 110 Å². The maximum atomic E-state index is 2.38. The fourth-order valence-corrected chi connectivity index (χ4v) is 8.95. The van der Waals surface area contributed by atoms with Crippen LogP contribution in [-0.4, -0.2) is 0 Å². The van der Waals surface area contributed by atoms with Crippen LogP contribution in [0.5, 0.6) is 0 Å². The van der Waals surface area contributed by atoms with E-state index in [0.29, 0.717) is 0 Å². The zero-order valence-corrected chi connectivity index (χ0v) is 29.2. The molecule has 0 saturated heterocycles. The largest absolute Gasteiger partial charge is 0.310 e. The molecule has 0 aliphatic heterocycles. The van der Waals surface area contributed by atoms with Gasteiger partial charge in [-0.15, -0.1) is 11.3 Å². The van der Waals surface area contributed by atoms with Crippen molar-refractivity contribution in [3.05, 3.63) is 200 Å². The molecule has 244 valence electrons. The number of hydrogen-bond acceptors (Lipinski definition) is 2. The Balaban J connectivity index is 1.15. The topological polar surface area (TPSA) is 3.24 Å². The first-order chi connectivity index (χ1) is 25.8. The van der Waals surface area contributed by atoms with Crippen molar-refractivity contribution in [3.63, 3.8) is 0 Å². The van der Waals surface area contributed by atoms with Gasteiger partial charge in [-0.2, -0.15) is 0 Å². The van der Waals surface area contributed by atoms with Gasteiger partial charge in [-0.25, -0.2) is 0 Å². The predicted octanol–water partition coefficient (Wildman–Crippen LogP) is 14.8. The van der Waals surface area contributed by atoms with Crippen molar-refractivity contribution in [2.45, 2.75) is 0 Å². The average molecular weight is 680 g/mol. The number of hydrogen-bond donors (Lipinski definition) is 0. The molecular weight excluding hydrogens is 647 g/mol. The van der Waals surface area contributed by atoms with Crippen LogP contribution in [0, 0.1) is 0 Å². The highest BCUT2D eigenvalue weighted by molar-refractivity contribution is 7.26. The minimum atomic E-state index is 1.11. The minimum absolute atomic E-state index is 1.11. The lowest BCUT2D eigenvalue weighted by molar-refractivity contribution is 1.28. The van der Waals surface area contributed by atoms with Crippen LogP contribution in [0.1, 0.15) is 0 Å². The molecule has 0 radical (unpaired) electrons. The van der Waals surface area contributed by atoms with Crippen LogP contribution >= 0.6 is 11.3 Å². The fraction of sp³-hybridized carbons (Fsp3) is 0. The second-order valence-corrected chi connectivity index (χ2v) is 14.4. The summed E-state index contributed by atoms with van der Waals surface area (Å²) in [6.07, 6.45) is 0. The molecule has 0 aliphatic rings. The van der Waals surface area contributed by atoms with Gasteiger partial charge >= 0.3 is 0 Å². The van der Waals surface area contributed by atoms with Gasteiger partial charge in [0.2, 0.25) is 0 Å². The van der Waals surface area contributed by atoms with E-state index in [1.54, 1.807) is 0 Å². The Kier molecular flexibility index (Phi) is 7.41. The second-order valence-electron chi connectivity index (χ2n) is 13.3. The summed E-state index contributed by atoms with van der Waals surface area (Å²) in [5, 5.41) is 7.71. The molecule has 1 nitrogen and oxygen atoms in total. The van der Waals surface area contributed by atoms with Crippen LogP contribution in [-0.2, 0) is 0 Å². The van der Waals surface area contributed by atoms with Gasteiger partial charge in [0.05, 0.1) is 0 Å². The molecule has 2 heteroatoms. The monoisotopic (exact) mass is 679 g/mol. The van der Waals surface area contributed by atoms with Crippen molar-refractivity contribution < 1.29 is 0 Å². The van der Waals surface area contributed by atoms with E-state index < -0.39 is 0 Å². The third-order valence-electron chi connectivity index (χ3n) is 10.2. The predicted molar refractivity (Wildman–Crippen MR) is 225 cm³/mol. The van der Waals surface area contributed by atoms with Crippen LogP contribution in [0.3, 0.4) is 0 Å². The van der Waals surface area contributed by atoms with E-state index >= 15 is 0 Å². The molecule has 0 N–H and O–H groups in total. The molecule has 1 heterocycles. The Labute approximate surface area is 307 Å². The zero-order valence-electron chi connectivity index (χ0n) is 28.4. The van der Waals surface area contributed by atoms with Crippen molar-refractivity contribution in [3.8, 4) is 33.4 Å². The number of fused-ring (bicyclic) bond motifs is 5. The number of rotatable bonds is 6.